The van der Waals surface area contributed by atoms with Crippen LogP contribution in [0.3, 0.4) is 0 Å². The van der Waals surface area contributed by atoms with Crippen LogP contribution in [0.25, 0.3) is 0 Å². The first-order valence-corrected chi connectivity index (χ1v) is 7.28. The first kappa shape index (κ1) is 15.8. The van der Waals surface area contributed by atoms with Crippen LogP contribution in [0, 0.1) is 5.21 Å². The summed E-state index contributed by atoms with van der Waals surface area (Å²) in [7, 11) is 0. The van der Waals surface area contributed by atoms with Crippen LogP contribution >= 0.6 is 0 Å². The van der Waals surface area contributed by atoms with E-state index >= 15 is 0 Å². The maximum absolute atomic E-state index is 11.9. The van der Waals surface area contributed by atoms with Crippen LogP contribution in [0.5, 0.6) is 0 Å². The van der Waals surface area contributed by atoms with Crippen molar-refractivity contribution in [3.05, 3.63) is 76.5 Å². The number of carbonyl (C=O) groups excluding carboxylic acids is 1. The topological polar surface area (TPSA) is 55.2 Å². The summed E-state index contributed by atoms with van der Waals surface area (Å²) in [6.07, 6.45) is 1.55. The van der Waals surface area contributed by atoms with Gasteiger partial charge in [-0.2, -0.15) is 0 Å². The third-order valence-electron chi connectivity index (χ3n) is 3.07. The van der Waals surface area contributed by atoms with Gasteiger partial charge in [0, 0.05) is 22.7 Å². The van der Waals surface area contributed by atoms with E-state index in [0.29, 0.717) is 5.56 Å². The van der Waals surface area contributed by atoms with Gasteiger partial charge in [-0.15, -0.1) is 0 Å². The largest absolute Gasteiger partial charge is 0.624 e. The first-order valence-electron chi connectivity index (χ1n) is 7.28. The zero-order chi connectivity index (χ0) is 15.9. The smallest absolute Gasteiger partial charge is 0.251 e. The Morgan fingerprint density at radius 2 is 1.77 bits per heavy atom. The van der Waals surface area contributed by atoms with Crippen LogP contribution in [-0.4, -0.2) is 22.9 Å². The number of hydrogen-bond donors (Lipinski definition) is 1. The first-order chi connectivity index (χ1) is 10.5. The van der Waals surface area contributed by atoms with Crippen molar-refractivity contribution in [2.45, 2.75) is 26.4 Å². The van der Waals surface area contributed by atoms with Crippen LogP contribution in [0.4, 0.5) is 0 Å². The average Bonchev–Trinajstić information content (AvgIpc) is 2.48. The molecule has 0 fully saturated rings. The van der Waals surface area contributed by atoms with Crippen molar-refractivity contribution < 1.29 is 9.53 Å². The second-order valence-corrected chi connectivity index (χ2v) is 5.44. The summed E-state index contributed by atoms with van der Waals surface area (Å²) in [5, 5.41) is 14.8. The number of carbonyl (C=O) groups is 1. The van der Waals surface area contributed by atoms with Crippen LogP contribution in [0.2, 0.25) is 0 Å². The van der Waals surface area contributed by atoms with Gasteiger partial charge in [-0.25, -0.2) is 4.74 Å². The molecule has 0 radical (unpaired) electrons. The quantitative estimate of drug-likeness (QED) is 0.399. The molecule has 0 aromatic heterocycles. The minimum atomic E-state index is -0.101. The molecule has 0 unspecified atom stereocenters. The van der Waals surface area contributed by atoms with E-state index in [9.17, 15) is 10.0 Å². The van der Waals surface area contributed by atoms with E-state index in [1.54, 1.807) is 30.5 Å². The lowest BCUT2D eigenvalue weighted by Crippen LogP contribution is -2.30. The monoisotopic (exact) mass is 296 g/mol. The molecule has 2 rings (SSSR count). The lowest BCUT2D eigenvalue weighted by atomic mass is 10.1. The van der Waals surface area contributed by atoms with Crippen molar-refractivity contribution in [2.24, 2.45) is 0 Å². The highest BCUT2D eigenvalue weighted by Gasteiger charge is 2.07. The van der Waals surface area contributed by atoms with Gasteiger partial charge >= 0.3 is 0 Å². The molecule has 0 saturated heterocycles. The lowest BCUT2D eigenvalue weighted by Gasteiger charge is -2.09. The van der Waals surface area contributed by atoms with E-state index in [2.05, 4.69) is 5.32 Å². The van der Waals surface area contributed by atoms with Crippen LogP contribution < -0.4 is 5.32 Å². The number of nitrogens with one attached hydrogen (secondary N) is 1. The second kappa shape index (κ2) is 7.41. The Morgan fingerprint density at radius 3 is 2.36 bits per heavy atom. The van der Waals surface area contributed by atoms with E-state index < -0.39 is 0 Å². The molecule has 0 aliphatic carbocycles. The highest BCUT2D eigenvalue weighted by Crippen LogP contribution is 2.06. The molecule has 0 heterocycles. The van der Waals surface area contributed by atoms with E-state index in [1.165, 1.54) is 0 Å². The fraction of sp³-hybridized carbons (Fsp3) is 0.222. The maximum Gasteiger partial charge on any atom is 0.251 e. The summed E-state index contributed by atoms with van der Waals surface area (Å²) in [4.78, 5) is 11.8. The fourth-order valence-corrected chi connectivity index (χ4v) is 2.04. The van der Waals surface area contributed by atoms with Gasteiger partial charge < -0.3 is 10.5 Å². The summed E-state index contributed by atoms with van der Waals surface area (Å²) < 4.78 is 0.887. The van der Waals surface area contributed by atoms with Gasteiger partial charge in [-0.3, -0.25) is 4.79 Å². The Kier molecular flexibility index (Phi) is 5.31. The molecule has 2 aromatic carbocycles. The summed E-state index contributed by atoms with van der Waals surface area (Å²) in [6.45, 7) is 4.09. The Bertz CT molecular complexity index is 647. The lowest BCUT2D eigenvalue weighted by molar-refractivity contribution is -0.469. The molecule has 114 valence electrons. The van der Waals surface area contributed by atoms with Gasteiger partial charge in [-0.1, -0.05) is 30.3 Å². The Balaban J connectivity index is 2.02. The number of nitrogens with zero attached hydrogens (tertiary/aromatic N) is 1. The Hall–Kier alpha value is -2.62. The maximum atomic E-state index is 11.9. The van der Waals surface area contributed by atoms with Crippen molar-refractivity contribution in [1.82, 2.24) is 5.32 Å². The fourth-order valence-electron chi connectivity index (χ4n) is 2.04. The van der Waals surface area contributed by atoms with Crippen LogP contribution in [-0.2, 0) is 6.54 Å². The minimum Gasteiger partial charge on any atom is -0.624 e. The highest BCUT2D eigenvalue weighted by atomic mass is 16.5. The highest BCUT2D eigenvalue weighted by molar-refractivity contribution is 5.94. The minimum absolute atomic E-state index is 0.101. The van der Waals surface area contributed by atoms with Gasteiger partial charge in [0.1, 0.15) is 0 Å². The molecule has 0 atom stereocenters. The number of hydrogen-bond acceptors (Lipinski definition) is 2. The van der Waals surface area contributed by atoms with Gasteiger partial charge in [0.2, 0.25) is 0 Å². The average molecular weight is 296 g/mol. The van der Waals surface area contributed by atoms with Gasteiger partial charge in [0.15, 0.2) is 12.8 Å². The molecule has 0 spiro atoms. The Labute approximate surface area is 130 Å². The van der Waals surface area contributed by atoms with Gasteiger partial charge in [-0.05, 0) is 38.1 Å². The zero-order valence-electron chi connectivity index (χ0n) is 12.8. The SMILES string of the molecule is CC(C)NC(=O)c1ccc(C/[N+]([O-])=C/c2ccccc2)cc1. The normalized spacial score (nSPS) is 11.5. The molecular weight excluding hydrogens is 276 g/mol. The summed E-state index contributed by atoms with van der Waals surface area (Å²) in [6, 6.07) is 16.6. The van der Waals surface area contributed by atoms with Gasteiger partial charge in [0.05, 0.1) is 0 Å². The molecule has 0 aliphatic rings. The predicted octanol–water partition coefficient (Wildman–Crippen LogP) is 2.95. The molecule has 2 aromatic rings. The summed E-state index contributed by atoms with van der Waals surface area (Å²) in [5.41, 5.74) is 2.33. The molecule has 0 saturated carbocycles. The number of benzene rings is 2. The standard InChI is InChI=1S/C18H20N2O2/c1-14(2)19-18(21)17-10-8-16(9-11-17)13-20(22)12-15-6-4-3-5-7-15/h3-12,14H,13H2,1-2H3,(H,19,21)/b20-12-. The molecule has 4 nitrogen and oxygen atoms in total. The second-order valence-electron chi connectivity index (χ2n) is 5.44. The van der Waals surface area contributed by atoms with E-state index in [-0.39, 0.29) is 18.5 Å². The zero-order valence-corrected chi connectivity index (χ0v) is 12.8. The summed E-state index contributed by atoms with van der Waals surface area (Å²) in [5.74, 6) is -0.101. The van der Waals surface area contributed by atoms with Crippen LogP contribution in [0.1, 0.15) is 35.3 Å². The third kappa shape index (κ3) is 4.74. The van der Waals surface area contributed by atoms with Crippen molar-refractivity contribution >= 4 is 12.1 Å². The molecule has 0 bridgehead atoms. The van der Waals surface area contributed by atoms with E-state index in [1.807, 2.05) is 44.2 Å². The van der Waals surface area contributed by atoms with Crippen molar-refractivity contribution in [3.63, 3.8) is 0 Å². The van der Waals surface area contributed by atoms with Crippen LogP contribution in [0.15, 0.2) is 54.6 Å². The molecular formula is C18H20N2O2. The molecule has 4 heteroatoms. The number of amides is 1. The number of hydroxylamine groups is 1. The number of rotatable bonds is 5. The van der Waals surface area contributed by atoms with Crippen molar-refractivity contribution in [3.8, 4) is 0 Å². The van der Waals surface area contributed by atoms with Crippen molar-refractivity contribution in [1.29, 1.82) is 0 Å². The summed E-state index contributed by atoms with van der Waals surface area (Å²) >= 11 is 0. The molecule has 1 amide bonds. The van der Waals surface area contributed by atoms with E-state index in [4.69, 9.17) is 0 Å². The third-order valence-corrected chi connectivity index (χ3v) is 3.07. The van der Waals surface area contributed by atoms with Gasteiger partial charge in [0.25, 0.3) is 5.91 Å². The molecule has 0 aliphatic heterocycles. The molecule has 1 N–H and O–H groups in total. The van der Waals surface area contributed by atoms with Crippen molar-refractivity contribution in [2.75, 3.05) is 0 Å². The predicted molar refractivity (Wildman–Crippen MR) is 88.0 cm³/mol. The molecule has 22 heavy (non-hydrogen) atoms. The Morgan fingerprint density at radius 1 is 1.14 bits per heavy atom. The van der Waals surface area contributed by atoms with E-state index in [0.717, 1.165) is 15.9 Å².